The van der Waals surface area contributed by atoms with Gasteiger partial charge in [0.2, 0.25) is 11.8 Å². The van der Waals surface area contributed by atoms with Crippen molar-refractivity contribution in [2.45, 2.75) is 37.8 Å². The van der Waals surface area contributed by atoms with Gasteiger partial charge in [-0.05, 0) is 47.9 Å². The fraction of sp³-hybridized carbons (Fsp3) is 0.429. The first kappa shape index (κ1) is 27.3. The second kappa shape index (κ2) is 12.7. The van der Waals surface area contributed by atoms with Crippen LogP contribution in [-0.4, -0.2) is 95.1 Å². The van der Waals surface area contributed by atoms with Crippen molar-refractivity contribution in [3.63, 3.8) is 0 Å². The molecule has 0 aromatic heterocycles. The van der Waals surface area contributed by atoms with Gasteiger partial charge in [-0.3, -0.25) is 29.0 Å². The molecule has 10 heteroatoms. The Kier molecular flexibility index (Phi) is 9.09. The van der Waals surface area contributed by atoms with Crippen LogP contribution in [0.4, 0.5) is 0 Å². The molecule has 10 nitrogen and oxygen atoms in total. The number of benzene rings is 2. The molecule has 38 heavy (non-hydrogen) atoms. The number of hydrogen-bond acceptors (Lipinski definition) is 6. The van der Waals surface area contributed by atoms with Crippen LogP contribution < -0.4 is 10.6 Å². The van der Waals surface area contributed by atoms with Crippen LogP contribution in [0.25, 0.3) is 0 Å². The second-order valence-electron chi connectivity index (χ2n) is 10.1. The topological polar surface area (TPSA) is 139 Å². The van der Waals surface area contributed by atoms with Crippen molar-refractivity contribution >= 4 is 23.8 Å². The highest BCUT2D eigenvalue weighted by atomic mass is 16.4. The monoisotopic (exact) mass is 522 g/mol. The summed E-state index contributed by atoms with van der Waals surface area (Å²) in [5.74, 6) is -2.75. The van der Waals surface area contributed by atoms with Gasteiger partial charge in [0.15, 0.2) is 0 Å². The largest absolute Gasteiger partial charge is 0.480 e. The average molecular weight is 523 g/mol. The Morgan fingerprint density at radius 1 is 0.605 bits per heavy atom. The van der Waals surface area contributed by atoms with Crippen LogP contribution in [0.1, 0.15) is 22.3 Å². The van der Waals surface area contributed by atoms with Crippen LogP contribution in [0, 0.1) is 0 Å². The van der Waals surface area contributed by atoms with E-state index in [1.54, 1.807) is 0 Å². The van der Waals surface area contributed by atoms with Crippen molar-refractivity contribution in [1.82, 2.24) is 20.4 Å². The molecule has 0 aliphatic heterocycles. The van der Waals surface area contributed by atoms with E-state index in [1.807, 2.05) is 48.5 Å². The molecule has 2 aliphatic rings. The van der Waals surface area contributed by atoms with E-state index in [1.165, 1.54) is 32.1 Å². The Morgan fingerprint density at radius 3 is 1.21 bits per heavy atom. The lowest BCUT2D eigenvalue weighted by Crippen LogP contribution is -2.48. The lowest BCUT2D eigenvalue weighted by atomic mass is 10.1. The molecule has 0 saturated carbocycles. The van der Waals surface area contributed by atoms with Gasteiger partial charge in [-0.25, -0.2) is 0 Å². The third-order valence-electron chi connectivity index (χ3n) is 7.02. The standard InChI is InChI=1S/C28H34N4O6/c33-25(29-23-11-19-5-1-2-6-20(19)12-23)15-31(17-27(35)36)9-10-32(18-28(37)38)16-26(34)30-24-13-21-7-3-4-8-22(21)14-24/h1-8,23-24H,9-18H2,(H,29,33)(H,30,34)(H,35,36)(H,37,38). The molecule has 0 spiro atoms. The molecule has 202 valence electrons. The van der Waals surface area contributed by atoms with E-state index in [9.17, 15) is 29.4 Å². The molecule has 2 aromatic carbocycles. The molecule has 0 saturated heterocycles. The number of carbonyl (C=O) groups excluding carboxylic acids is 2. The van der Waals surface area contributed by atoms with Gasteiger partial charge in [0.25, 0.3) is 0 Å². The minimum atomic E-state index is -1.09. The Hall–Kier alpha value is -3.76. The van der Waals surface area contributed by atoms with Crippen molar-refractivity contribution in [3.05, 3.63) is 70.8 Å². The molecular weight excluding hydrogens is 488 g/mol. The first-order chi connectivity index (χ1) is 18.2. The number of fused-ring (bicyclic) bond motifs is 2. The van der Waals surface area contributed by atoms with Gasteiger partial charge >= 0.3 is 11.9 Å². The number of amides is 2. The van der Waals surface area contributed by atoms with Crippen molar-refractivity contribution in [2.24, 2.45) is 0 Å². The zero-order valence-corrected chi connectivity index (χ0v) is 21.3. The maximum atomic E-state index is 12.7. The summed E-state index contributed by atoms with van der Waals surface area (Å²) in [6, 6.07) is 15.9. The van der Waals surface area contributed by atoms with E-state index >= 15 is 0 Å². The molecule has 2 amide bonds. The fourth-order valence-electron chi connectivity index (χ4n) is 5.37. The summed E-state index contributed by atoms with van der Waals surface area (Å²) < 4.78 is 0. The summed E-state index contributed by atoms with van der Waals surface area (Å²) in [6.45, 7) is -0.753. The Bertz CT molecular complexity index is 1040. The van der Waals surface area contributed by atoms with E-state index in [4.69, 9.17) is 0 Å². The molecule has 0 fully saturated rings. The summed E-state index contributed by atoms with van der Waals surface area (Å²) in [7, 11) is 0. The highest BCUT2D eigenvalue weighted by molar-refractivity contribution is 5.80. The second-order valence-corrected chi connectivity index (χ2v) is 10.1. The highest BCUT2D eigenvalue weighted by Crippen LogP contribution is 2.22. The smallest absolute Gasteiger partial charge is 0.317 e. The lowest BCUT2D eigenvalue weighted by molar-refractivity contribution is -0.141. The normalized spacial score (nSPS) is 14.9. The van der Waals surface area contributed by atoms with E-state index in [0.29, 0.717) is 0 Å². The Labute approximate surface area is 221 Å². The van der Waals surface area contributed by atoms with Gasteiger partial charge in [-0.2, -0.15) is 0 Å². The van der Waals surface area contributed by atoms with E-state index < -0.39 is 11.9 Å². The Balaban J connectivity index is 1.27. The minimum Gasteiger partial charge on any atom is -0.480 e. The van der Waals surface area contributed by atoms with Crippen LogP contribution in [0.2, 0.25) is 0 Å². The zero-order valence-electron chi connectivity index (χ0n) is 21.3. The molecule has 0 radical (unpaired) electrons. The maximum absolute atomic E-state index is 12.7. The van der Waals surface area contributed by atoms with Gasteiger partial charge in [-0.1, -0.05) is 48.5 Å². The molecule has 0 bridgehead atoms. The quantitative estimate of drug-likeness (QED) is 0.295. The molecule has 0 unspecified atom stereocenters. The molecular formula is C28H34N4O6. The molecule has 0 atom stereocenters. The van der Waals surface area contributed by atoms with Crippen LogP contribution in [0.5, 0.6) is 0 Å². The van der Waals surface area contributed by atoms with Gasteiger partial charge in [0.05, 0.1) is 26.2 Å². The van der Waals surface area contributed by atoms with Crippen LogP contribution in [0.3, 0.4) is 0 Å². The number of carbonyl (C=O) groups is 4. The van der Waals surface area contributed by atoms with Crippen molar-refractivity contribution in [1.29, 1.82) is 0 Å². The first-order valence-corrected chi connectivity index (χ1v) is 12.9. The first-order valence-electron chi connectivity index (χ1n) is 12.9. The number of rotatable bonds is 13. The predicted molar refractivity (Wildman–Crippen MR) is 140 cm³/mol. The molecule has 4 N–H and O–H groups in total. The molecule has 2 aliphatic carbocycles. The average Bonchev–Trinajstić information content (AvgIpc) is 3.44. The fourth-order valence-corrected chi connectivity index (χ4v) is 5.37. The third-order valence-corrected chi connectivity index (χ3v) is 7.02. The molecule has 0 heterocycles. The predicted octanol–water partition coefficient (Wildman–Crippen LogP) is 0.327. The summed E-state index contributed by atoms with van der Waals surface area (Å²) >= 11 is 0. The summed E-state index contributed by atoms with van der Waals surface area (Å²) in [5, 5.41) is 24.7. The van der Waals surface area contributed by atoms with Crippen molar-refractivity contribution in [2.75, 3.05) is 39.3 Å². The minimum absolute atomic E-state index is 0.0412. The van der Waals surface area contributed by atoms with Crippen LogP contribution >= 0.6 is 0 Å². The van der Waals surface area contributed by atoms with E-state index in [0.717, 1.165) is 25.7 Å². The van der Waals surface area contributed by atoms with Gasteiger partial charge < -0.3 is 20.8 Å². The summed E-state index contributed by atoms with van der Waals surface area (Å²) in [5.41, 5.74) is 4.79. The number of nitrogens with zero attached hydrogens (tertiary/aromatic N) is 2. The van der Waals surface area contributed by atoms with Gasteiger partial charge in [-0.15, -0.1) is 0 Å². The third kappa shape index (κ3) is 7.87. The molecule has 2 aromatic rings. The number of carboxylic acids is 2. The van der Waals surface area contributed by atoms with Gasteiger partial charge in [0, 0.05) is 25.2 Å². The molecule has 4 rings (SSSR count). The van der Waals surface area contributed by atoms with Crippen LogP contribution in [-0.2, 0) is 44.9 Å². The van der Waals surface area contributed by atoms with Crippen LogP contribution in [0.15, 0.2) is 48.5 Å². The number of hydrogen-bond donors (Lipinski definition) is 4. The number of nitrogens with one attached hydrogen (secondary N) is 2. The summed E-state index contributed by atoms with van der Waals surface area (Å²) in [6.07, 6.45) is 2.92. The van der Waals surface area contributed by atoms with Crippen molar-refractivity contribution < 1.29 is 29.4 Å². The number of aliphatic carboxylic acids is 2. The SMILES string of the molecule is O=C(O)CN(CCN(CC(=O)O)CC(=O)NC1Cc2ccccc2C1)CC(=O)NC1Cc2ccccc2C1. The van der Waals surface area contributed by atoms with E-state index in [-0.39, 0.29) is 63.2 Å². The maximum Gasteiger partial charge on any atom is 0.317 e. The van der Waals surface area contributed by atoms with Crippen molar-refractivity contribution in [3.8, 4) is 0 Å². The van der Waals surface area contributed by atoms with E-state index in [2.05, 4.69) is 10.6 Å². The lowest BCUT2D eigenvalue weighted by Gasteiger charge is -2.26. The van der Waals surface area contributed by atoms with Gasteiger partial charge in [0.1, 0.15) is 0 Å². The summed E-state index contributed by atoms with van der Waals surface area (Å²) in [4.78, 5) is 51.2. The highest BCUT2D eigenvalue weighted by Gasteiger charge is 2.26. The zero-order chi connectivity index (χ0) is 27.1. The number of carboxylic acid groups (broad SMARTS) is 2. The Morgan fingerprint density at radius 2 is 0.921 bits per heavy atom.